The molecule has 2 fully saturated rings. The summed E-state index contributed by atoms with van der Waals surface area (Å²) in [6.45, 7) is 0.585. The molecule has 6 nitrogen and oxygen atoms in total. The van der Waals surface area contributed by atoms with Gasteiger partial charge in [-0.25, -0.2) is 4.39 Å². The van der Waals surface area contributed by atoms with Crippen LogP contribution in [0.5, 0.6) is 0 Å². The van der Waals surface area contributed by atoms with E-state index in [2.05, 4.69) is 10.4 Å². The van der Waals surface area contributed by atoms with Crippen molar-refractivity contribution in [3.8, 4) is 0 Å². The smallest absolute Gasteiger partial charge is 0.314 e. The van der Waals surface area contributed by atoms with Crippen molar-refractivity contribution in [2.75, 3.05) is 13.1 Å². The summed E-state index contributed by atoms with van der Waals surface area (Å²) < 4.78 is 56.2. The van der Waals surface area contributed by atoms with Gasteiger partial charge in [0.1, 0.15) is 6.17 Å². The Labute approximate surface area is 212 Å². The number of halogens is 5. The van der Waals surface area contributed by atoms with Gasteiger partial charge in [-0.3, -0.25) is 19.2 Å². The lowest BCUT2D eigenvalue weighted by Crippen LogP contribution is -2.53. The summed E-state index contributed by atoms with van der Waals surface area (Å²) in [5.41, 5.74) is 0.401. The fraction of sp³-hybridized carbons (Fsp3) is 0.292. The molecule has 0 aliphatic carbocycles. The quantitative estimate of drug-likeness (QED) is 0.351. The molecule has 2 amide bonds. The van der Waals surface area contributed by atoms with Crippen LogP contribution in [0, 0.1) is 0 Å². The van der Waals surface area contributed by atoms with E-state index < -0.39 is 35.1 Å². The highest BCUT2D eigenvalue weighted by Crippen LogP contribution is 2.36. The maximum absolute atomic E-state index is 14.4. The van der Waals surface area contributed by atoms with Gasteiger partial charge in [-0.1, -0.05) is 23.7 Å². The largest absolute Gasteiger partial charge is 0.416 e. The van der Waals surface area contributed by atoms with Crippen LogP contribution in [0.3, 0.4) is 0 Å². The maximum atomic E-state index is 14.4. The molecule has 2 aliphatic rings. The van der Waals surface area contributed by atoms with Gasteiger partial charge in [0.25, 0.3) is 11.1 Å². The minimum Gasteiger partial charge on any atom is -0.314 e. The molecule has 0 bridgehead atoms. The Morgan fingerprint density at radius 1 is 1.19 bits per heavy atom. The Bertz CT molecular complexity index is 1390. The van der Waals surface area contributed by atoms with Crippen molar-refractivity contribution in [3.63, 3.8) is 0 Å². The van der Waals surface area contributed by atoms with Crippen molar-refractivity contribution in [1.82, 2.24) is 20.0 Å². The number of amides is 2. The molecule has 0 spiro atoms. The van der Waals surface area contributed by atoms with Gasteiger partial charge >= 0.3 is 6.18 Å². The highest BCUT2D eigenvalue weighted by Gasteiger charge is 2.43. The predicted octanol–water partition coefficient (Wildman–Crippen LogP) is 5.49. The fourth-order valence-electron chi connectivity index (χ4n) is 4.41. The predicted molar refractivity (Wildman–Crippen MR) is 129 cm³/mol. The number of piperidine rings is 1. The normalized spacial score (nSPS) is 22.2. The van der Waals surface area contributed by atoms with Crippen LogP contribution in [0.25, 0.3) is 17.0 Å². The Morgan fingerprint density at radius 2 is 2.00 bits per heavy atom. The molecule has 2 aromatic carbocycles. The number of rotatable bonds is 4. The number of carbonyl (C=O) groups excluding carboxylic acids is 2. The first-order valence-corrected chi connectivity index (χ1v) is 12.2. The Hall–Kier alpha value is -2.89. The highest BCUT2D eigenvalue weighted by atomic mass is 35.5. The van der Waals surface area contributed by atoms with Gasteiger partial charge in [0.2, 0.25) is 0 Å². The maximum Gasteiger partial charge on any atom is 0.416 e. The summed E-state index contributed by atoms with van der Waals surface area (Å²) in [4.78, 5) is 26.5. The third-order valence-corrected chi connectivity index (χ3v) is 7.30. The van der Waals surface area contributed by atoms with Crippen LogP contribution in [-0.2, 0) is 17.5 Å². The lowest BCUT2D eigenvalue weighted by Gasteiger charge is -2.32. The summed E-state index contributed by atoms with van der Waals surface area (Å²) in [7, 11) is 0. The number of hydrogen-bond donors (Lipinski definition) is 1. The molecule has 5 rings (SSSR count). The zero-order valence-electron chi connectivity index (χ0n) is 18.6. The van der Waals surface area contributed by atoms with E-state index in [1.54, 1.807) is 24.3 Å². The summed E-state index contributed by atoms with van der Waals surface area (Å²) in [6.07, 6.45) is -2.54. The van der Waals surface area contributed by atoms with Crippen LogP contribution >= 0.6 is 23.4 Å². The summed E-state index contributed by atoms with van der Waals surface area (Å²) in [5.74, 6) is -0.542. The van der Waals surface area contributed by atoms with E-state index in [4.69, 9.17) is 11.6 Å². The van der Waals surface area contributed by atoms with Crippen molar-refractivity contribution < 1.29 is 27.2 Å². The third kappa shape index (κ3) is 4.74. The van der Waals surface area contributed by atoms with E-state index >= 15 is 0 Å². The number of aromatic nitrogens is 2. The summed E-state index contributed by atoms with van der Waals surface area (Å²) in [6, 6.07) is 7.87. The van der Waals surface area contributed by atoms with Crippen LogP contribution in [0.15, 0.2) is 47.5 Å². The van der Waals surface area contributed by atoms with Crippen molar-refractivity contribution >= 4 is 51.5 Å². The molecule has 0 saturated carbocycles. The zero-order valence-corrected chi connectivity index (χ0v) is 20.1. The van der Waals surface area contributed by atoms with Gasteiger partial charge in [-0.05, 0) is 66.2 Å². The number of fused-ring (bicyclic) bond motifs is 1. The Balaban J connectivity index is 1.40. The first-order chi connectivity index (χ1) is 17.1. The topological polar surface area (TPSA) is 67.2 Å². The van der Waals surface area contributed by atoms with Crippen molar-refractivity contribution in [2.45, 2.75) is 31.4 Å². The van der Waals surface area contributed by atoms with Crippen LogP contribution in [0.2, 0.25) is 5.02 Å². The van der Waals surface area contributed by atoms with Gasteiger partial charge in [-0.2, -0.15) is 18.3 Å². The molecule has 1 N–H and O–H groups in total. The van der Waals surface area contributed by atoms with E-state index in [-0.39, 0.29) is 35.0 Å². The van der Waals surface area contributed by atoms with Gasteiger partial charge in [0.05, 0.1) is 34.8 Å². The van der Waals surface area contributed by atoms with E-state index in [9.17, 15) is 27.2 Å². The number of thioether (sulfide) groups is 1. The third-order valence-electron chi connectivity index (χ3n) is 6.18. The molecular formula is C24H19ClF4N4O2S. The molecule has 2 saturated heterocycles. The van der Waals surface area contributed by atoms with Gasteiger partial charge in [0, 0.05) is 17.0 Å². The van der Waals surface area contributed by atoms with Crippen LogP contribution < -0.4 is 5.32 Å². The van der Waals surface area contributed by atoms with Gasteiger partial charge in [0.15, 0.2) is 0 Å². The average molecular weight is 539 g/mol. The van der Waals surface area contributed by atoms with E-state index in [1.165, 1.54) is 23.0 Å². The Kier molecular flexibility index (Phi) is 6.56. The fourth-order valence-corrected chi connectivity index (χ4v) is 5.47. The first-order valence-electron chi connectivity index (χ1n) is 11.0. The van der Waals surface area contributed by atoms with Crippen molar-refractivity contribution in [2.24, 2.45) is 0 Å². The molecule has 188 valence electrons. The summed E-state index contributed by atoms with van der Waals surface area (Å²) in [5, 5.41) is 7.36. The Morgan fingerprint density at radius 3 is 2.75 bits per heavy atom. The SMILES string of the molecule is O=C1SC(=Cc2ccc3c(cnn3Cc3ccc(Cl)cc3C(F)(F)F)c2)C(=O)N1[C@@H]1CNCC[C@@H]1F. The zero-order chi connectivity index (χ0) is 25.6. The molecule has 12 heteroatoms. The van der Waals surface area contributed by atoms with Crippen LogP contribution in [-0.4, -0.2) is 51.1 Å². The average Bonchev–Trinajstić information content (AvgIpc) is 3.34. The number of carbonyl (C=O) groups is 2. The van der Waals surface area contributed by atoms with Crippen molar-refractivity contribution in [1.29, 1.82) is 0 Å². The molecule has 0 radical (unpaired) electrons. The lowest BCUT2D eigenvalue weighted by atomic mass is 10.0. The molecule has 3 aromatic rings. The van der Waals surface area contributed by atoms with Gasteiger partial charge in [-0.15, -0.1) is 0 Å². The van der Waals surface area contributed by atoms with E-state index in [1.807, 2.05) is 0 Å². The molecular weight excluding hydrogens is 520 g/mol. The molecule has 0 unspecified atom stereocenters. The molecule has 3 heterocycles. The monoisotopic (exact) mass is 538 g/mol. The minimum absolute atomic E-state index is 0.00719. The second kappa shape index (κ2) is 9.53. The van der Waals surface area contributed by atoms with E-state index in [0.717, 1.165) is 22.7 Å². The van der Waals surface area contributed by atoms with Gasteiger partial charge < -0.3 is 5.32 Å². The van der Waals surface area contributed by atoms with E-state index in [0.29, 0.717) is 23.0 Å². The minimum atomic E-state index is -4.56. The molecule has 1 aromatic heterocycles. The molecule has 36 heavy (non-hydrogen) atoms. The highest BCUT2D eigenvalue weighted by molar-refractivity contribution is 8.18. The number of hydrogen-bond acceptors (Lipinski definition) is 5. The molecule has 2 atom stereocenters. The number of alkyl halides is 4. The standard InChI is InChI=1S/C24H19ClF4N4O2S/c25-16-3-2-14(17(9-16)24(27,28)29)12-32-19-4-1-13(7-15(19)10-31-32)8-21-22(34)33(23(35)36-21)20-11-30-6-5-18(20)26/h1-4,7-10,18,20,30H,5-6,11-12H2/t18-,20+/m0/s1. The van der Waals surface area contributed by atoms with Crippen LogP contribution in [0.1, 0.15) is 23.1 Å². The number of nitrogens with zero attached hydrogens (tertiary/aromatic N) is 3. The lowest BCUT2D eigenvalue weighted by molar-refractivity contribution is -0.138. The number of nitrogens with one attached hydrogen (secondary N) is 1. The van der Waals surface area contributed by atoms with Crippen molar-refractivity contribution in [3.05, 3.63) is 69.2 Å². The number of benzene rings is 2. The summed E-state index contributed by atoms with van der Waals surface area (Å²) >= 11 is 6.52. The molecule has 2 aliphatic heterocycles. The number of imide groups is 1. The second-order valence-corrected chi connectivity index (χ2v) is 9.98. The van der Waals surface area contributed by atoms with Crippen LogP contribution in [0.4, 0.5) is 22.4 Å². The first kappa shape index (κ1) is 24.8. The second-order valence-electron chi connectivity index (χ2n) is 8.55.